The van der Waals surface area contributed by atoms with Crippen molar-refractivity contribution in [3.05, 3.63) is 54.4 Å². The van der Waals surface area contributed by atoms with Crippen LogP contribution in [-0.4, -0.2) is 29.1 Å². The van der Waals surface area contributed by atoms with Gasteiger partial charge in [0.2, 0.25) is 0 Å². The Balaban J connectivity index is 1.64. The van der Waals surface area contributed by atoms with E-state index in [4.69, 9.17) is 9.97 Å². The molecule has 6 heteroatoms. The number of imidazole rings is 1. The molecule has 4 aromatic rings. The third-order valence-electron chi connectivity index (χ3n) is 5.77. The average molecular weight is 342 g/mol. The van der Waals surface area contributed by atoms with Crippen LogP contribution in [0.2, 0.25) is 0 Å². The van der Waals surface area contributed by atoms with Crippen LogP contribution in [0.3, 0.4) is 0 Å². The first-order chi connectivity index (χ1) is 12.8. The number of fused-ring (bicyclic) bond motifs is 6. The standard InChI is InChI=1S/C20H18N6/c1-12-3-2-4-16(22-12)18-19(14-6-8-17-24-21-11-25(17)10-14)26-15-7-5-13(9-15)20(26)23-18/h2-4,6,8,10-11,13,15H,5,7,9H2,1H3. The van der Waals surface area contributed by atoms with E-state index in [2.05, 4.69) is 39.2 Å². The summed E-state index contributed by atoms with van der Waals surface area (Å²) in [4.78, 5) is 9.85. The molecule has 128 valence electrons. The van der Waals surface area contributed by atoms with E-state index in [9.17, 15) is 0 Å². The lowest BCUT2D eigenvalue weighted by atomic mass is 10.1. The van der Waals surface area contributed by atoms with Crippen molar-refractivity contribution in [1.82, 2.24) is 29.1 Å². The molecule has 1 aliphatic carbocycles. The number of hydrogen-bond donors (Lipinski definition) is 0. The number of hydrogen-bond acceptors (Lipinski definition) is 4. The van der Waals surface area contributed by atoms with Gasteiger partial charge in [-0.2, -0.15) is 0 Å². The molecule has 0 aromatic carbocycles. The first-order valence-electron chi connectivity index (χ1n) is 9.14. The Hall–Kier alpha value is -3.02. The van der Waals surface area contributed by atoms with E-state index >= 15 is 0 Å². The summed E-state index contributed by atoms with van der Waals surface area (Å²) in [6.07, 6.45) is 7.58. The zero-order valence-corrected chi connectivity index (χ0v) is 14.5. The molecule has 1 saturated carbocycles. The van der Waals surface area contributed by atoms with Crippen molar-refractivity contribution in [2.75, 3.05) is 0 Å². The summed E-state index contributed by atoms with van der Waals surface area (Å²) in [6.45, 7) is 2.03. The second-order valence-corrected chi connectivity index (χ2v) is 7.38. The van der Waals surface area contributed by atoms with Crippen LogP contribution in [0.5, 0.6) is 0 Å². The van der Waals surface area contributed by atoms with Gasteiger partial charge in [-0.1, -0.05) is 6.07 Å². The Bertz CT molecular complexity index is 1150. The molecule has 2 unspecified atom stereocenters. The molecule has 0 saturated heterocycles. The summed E-state index contributed by atoms with van der Waals surface area (Å²) in [5, 5.41) is 8.13. The number of pyridine rings is 2. The summed E-state index contributed by atoms with van der Waals surface area (Å²) >= 11 is 0. The molecule has 2 atom stereocenters. The molecular formula is C20H18N6. The maximum Gasteiger partial charge on any atom is 0.160 e. The van der Waals surface area contributed by atoms with Gasteiger partial charge >= 0.3 is 0 Å². The van der Waals surface area contributed by atoms with Gasteiger partial charge in [-0.3, -0.25) is 9.38 Å². The Labute approximate surface area is 150 Å². The normalized spacial score (nSPS) is 20.8. The average Bonchev–Trinajstić information content (AvgIpc) is 3.41. The highest BCUT2D eigenvalue weighted by molar-refractivity contribution is 5.78. The molecule has 0 amide bonds. The predicted molar refractivity (Wildman–Crippen MR) is 97.8 cm³/mol. The van der Waals surface area contributed by atoms with Crippen LogP contribution in [0.1, 0.15) is 42.7 Å². The van der Waals surface area contributed by atoms with E-state index in [0.29, 0.717) is 12.0 Å². The minimum Gasteiger partial charge on any atom is -0.324 e. The molecule has 0 N–H and O–H groups in total. The van der Waals surface area contributed by atoms with Crippen LogP contribution in [0.25, 0.3) is 28.3 Å². The van der Waals surface area contributed by atoms with Crippen LogP contribution in [-0.2, 0) is 0 Å². The summed E-state index contributed by atoms with van der Waals surface area (Å²) in [7, 11) is 0. The number of rotatable bonds is 2. The van der Waals surface area contributed by atoms with Gasteiger partial charge in [0.25, 0.3) is 0 Å². The van der Waals surface area contributed by atoms with Crippen LogP contribution >= 0.6 is 0 Å². The highest BCUT2D eigenvalue weighted by atomic mass is 15.2. The Kier molecular flexibility index (Phi) is 2.73. The van der Waals surface area contributed by atoms with Gasteiger partial charge in [0.05, 0.1) is 11.4 Å². The van der Waals surface area contributed by atoms with Gasteiger partial charge in [-0.15, -0.1) is 10.2 Å². The maximum absolute atomic E-state index is 5.09. The van der Waals surface area contributed by atoms with Crippen molar-refractivity contribution in [2.24, 2.45) is 0 Å². The molecular weight excluding hydrogens is 324 g/mol. The quantitative estimate of drug-likeness (QED) is 0.556. The third kappa shape index (κ3) is 1.87. The summed E-state index contributed by atoms with van der Waals surface area (Å²) < 4.78 is 4.44. The van der Waals surface area contributed by atoms with Crippen molar-refractivity contribution in [3.63, 3.8) is 0 Å². The van der Waals surface area contributed by atoms with Crippen molar-refractivity contribution >= 4 is 5.65 Å². The molecule has 0 radical (unpaired) electrons. The van der Waals surface area contributed by atoms with Crippen molar-refractivity contribution < 1.29 is 0 Å². The lowest BCUT2D eigenvalue weighted by Gasteiger charge is -2.17. The molecule has 1 aliphatic heterocycles. The molecule has 1 fully saturated rings. The summed E-state index contributed by atoms with van der Waals surface area (Å²) in [6, 6.07) is 10.9. The van der Waals surface area contributed by atoms with Crippen molar-refractivity contribution in [1.29, 1.82) is 0 Å². The fourth-order valence-corrected chi connectivity index (χ4v) is 4.63. The summed E-state index contributed by atoms with van der Waals surface area (Å²) in [5.41, 5.74) is 6.13. The van der Waals surface area contributed by atoms with Gasteiger partial charge in [0.1, 0.15) is 17.8 Å². The molecule has 6 rings (SSSR count). The van der Waals surface area contributed by atoms with E-state index in [0.717, 1.165) is 28.3 Å². The molecule has 26 heavy (non-hydrogen) atoms. The molecule has 4 aromatic heterocycles. The molecule has 5 heterocycles. The first kappa shape index (κ1) is 14.2. The maximum atomic E-state index is 5.09. The highest BCUT2D eigenvalue weighted by Crippen LogP contribution is 2.52. The van der Waals surface area contributed by atoms with Crippen LogP contribution in [0, 0.1) is 6.92 Å². The van der Waals surface area contributed by atoms with Crippen LogP contribution in [0.15, 0.2) is 42.9 Å². The Morgan fingerprint density at radius 1 is 1.08 bits per heavy atom. The molecule has 2 aliphatic rings. The Morgan fingerprint density at radius 3 is 2.96 bits per heavy atom. The lowest BCUT2D eigenvalue weighted by molar-refractivity contribution is 0.530. The fraction of sp³-hybridized carbons (Fsp3) is 0.300. The van der Waals surface area contributed by atoms with E-state index < -0.39 is 0 Å². The van der Waals surface area contributed by atoms with Gasteiger partial charge in [-0.25, -0.2) is 4.98 Å². The topological polar surface area (TPSA) is 60.9 Å². The smallest absolute Gasteiger partial charge is 0.160 e. The minimum absolute atomic E-state index is 0.563. The van der Waals surface area contributed by atoms with E-state index in [1.807, 2.05) is 23.5 Å². The van der Waals surface area contributed by atoms with E-state index in [-0.39, 0.29) is 0 Å². The lowest BCUT2D eigenvalue weighted by Crippen LogP contribution is -2.08. The van der Waals surface area contributed by atoms with Gasteiger partial charge in [-0.05, 0) is 50.5 Å². The van der Waals surface area contributed by atoms with Crippen LogP contribution < -0.4 is 0 Å². The zero-order chi connectivity index (χ0) is 17.3. The fourth-order valence-electron chi connectivity index (χ4n) is 4.63. The van der Waals surface area contributed by atoms with Crippen LogP contribution in [0.4, 0.5) is 0 Å². The van der Waals surface area contributed by atoms with E-state index in [1.54, 1.807) is 6.33 Å². The number of aryl methyl sites for hydroxylation is 1. The largest absolute Gasteiger partial charge is 0.324 e. The predicted octanol–water partition coefficient (Wildman–Crippen LogP) is 3.79. The molecule has 6 nitrogen and oxygen atoms in total. The number of aromatic nitrogens is 6. The second-order valence-electron chi connectivity index (χ2n) is 7.38. The SMILES string of the molecule is Cc1cccc(-c2nc3n(c2-c2ccc4nncn4c2)C2CCC3C2)n1. The first-order valence-corrected chi connectivity index (χ1v) is 9.14. The second kappa shape index (κ2) is 5.00. The highest BCUT2D eigenvalue weighted by Gasteiger charge is 2.41. The van der Waals surface area contributed by atoms with Gasteiger partial charge in [0, 0.05) is 29.4 Å². The zero-order valence-electron chi connectivity index (χ0n) is 14.5. The Morgan fingerprint density at radius 2 is 2.04 bits per heavy atom. The summed E-state index contributed by atoms with van der Waals surface area (Å²) in [5.74, 6) is 1.83. The molecule has 0 spiro atoms. The number of nitrogens with zero attached hydrogens (tertiary/aromatic N) is 6. The molecule has 2 bridgehead atoms. The minimum atomic E-state index is 0.563. The van der Waals surface area contributed by atoms with Crippen molar-refractivity contribution in [2.45, 2.75) is 38.1 Å². The monoisotopic (exact) mass is 342 g/mol. The van der Waals surface area contributed by atoms with E-state index in [1.165, 1.54) is 30.8 Å². The van der Waals surface area contributed by atoms with Crippen molar-refractivity contribution in [3.8, 4) is 22.6 Å². The van der Waals surface area contributed by atoms with Gasteiger partial charge in [0.15, 0.2) is 5.65 Å². The third-order valence-corrected chi connectivity index (χ3v) is 5.77. The van der Waals surface area contributed by atoms with Gasteiger partial charge < -0.3 is 4.57 Å².